The molecule has 1 heterocycles. The van der Waals surface area contributed by atoms with Crippen LogP contribution < -0.4 is 4.72 Å². The molecule has 2 N–H and O–H groups in total. The smallest absolute Gasteiger partial charge is 0.250 e. The van der Waals surface area contributed by atoms with Gasteiger partial charge < -0.3 is 5.11 Å². The Morgan fingerprint density at radius 3 is 2.62 bits per heavy atom. The van der Waals surface area contributed by atoms with Gasteiger partial charge in [-0.05, 0) is 47.3 Å². The van der Waals surface area contributed by atoms with Crippen LogP contribution in [0.1, 0.15) is 18.4 Å². The van der Waals surface area contributed by atoms with Crippen LogP contribution in [0.5, 0.6) is 0 Å². The average Bonchev–Trinajstić information content (AvgIpc) is 2.88. The number of thiophene rings is 1. The maximum Gasteiger partial charge on any atom is 0.250 e. The first-order valence-electron chi connectivity index (χ1n) is 4.79. The van der Waals surface area contributed by atoms with Gasteiger partial charge in [0.1, 0.15) is 4.21 Å². The Balaban J connectivity index is 2.26. The van der Waals surface area contributed by atoms with E-state index < -0.39 is 15.6 Å². The molecule has 7 heteroatoms. The molecule has 0 unspecified atom stereocenters. The molecule has 1 aromatic heterocycles. The summed E-state index contributed by atoms with van der Waals surface area (Å²) in [6.07, 6.45) is 1.41. The first-order chi connectivity index (χ1) is 7.38. The van der Waals surface area contributed by atoms with Crippen molar-refractivity contribution >= 4 is 37.3 Å². The van der Waals surface area contributed by atoms with Crippen LogP contribution in [0.4, 0.5) is 0 Å². The molecule has 0 atom stereocenters. The summed E-state index contributed by atoms with van der Waals surface area (Å²) >= 11 is 4.48. The van der Waals surface area contributed by atoms with Crippen LogP contribution in [-0.4, -0.2) is 25.7 Å². The van der Waals surface area contributed by atoms with Gasteiger partial charge in [0.15, 0.2) is 0 Å². The van der Waals surface area contributed by atoms with Crippen molar-refractivity contribution in [3.05, 3.63) is 15.4 Å². The van der Waals surface area contributed by atoms with Crippen molar-refractivity contribution < 1.29 is 13.5 Å². The van der Waals surface area contributed by atoms with E-state index in [0.29, 0.717) is 12.8 Å². The highest BCUT2D eigenvalue weighted by Crippen LogP contribution is 2.38. The van der Waals surface area contributed by atoms with Gasteiger partial charge in [0.25, 0.3) is 10.0 Å². The lowest BCUT2D eigenvalue weighted by Crippen LogP contribution is -2.39. The molecule has 90 valence electrons. The number of nitrogens with one attached hydrogen (secondary N) is 1. The summed E-state index contributed by atoms with van der Waals surface area (Å²) < 4.78 is 27.6. The fourth-order valence-electron chi connectivity index (χ4n) is 1.34. The van der Waals surface area contributed by atoms with E-state index in [1.54, 1.807) is 6.07 Å². The quantitative estimate of drug-likeness (QED) is 0.884. The van der Waals surface area contributed by atoms with E-state index in [2.05, 4.69) is 20.7 Å². The number of aryl methyl sites for hydroxylation is 1. The van der Waals surface area contributed by atoms with Gasteiger partial charge in [0.05, 0.1) is 15.9 Å². The normalized spacial score (nSPS) is 18.7. The summed E-state index contributed by atoms with van der Waals surface area (Å²) in [6, 6.07) is 1.63. The van der Waals surface area contributed by atoms with Gasteiger partial charge in [0.2, 0.25) is 0 Å². The Kier molecular flexibility index (Phi) is 3.17. The minimum Gasteiger partial charge on any atom is -0.394 e. The summed E-state index contributed by atoms with van der Waals surface area (Å²) in [5.41, 5.74) is 0.294. The second kappa shape index (κ2) is 4.06. The Hall–Kier alpha value is 0.0500. The molecule has 1 fully saturated rings. The monoisotopic (exact) mass is 325 g/mol. The zero-order chi connectivity index (χ0) is 12.0. The Morgan fingerprint density at radius 1 is 1.62 bits per heavy atom. The van der Waals surface area contributed by atoms with Crippen molar-refractivity contribution in [2.24, 2.45) is 0 Å². The number of sulfonamides is 1. The van der Waals surface area contributed by atoms with E-state index in [-0.39, 0.29) is 10.8 Å². The van der Waals surface area contributed by atoms with Crippen molar-refractivity contribution in [2.45, 2.75) is 29.5 Å². The Labute approximate surface area is 107 Å². The predicted molar refractivity (Wildman–Crippen MR) is 66.1 cm³/mol. The first-order valence-corrected chi connectivity index (χ1v) is 7.89. The largest absolute Gasteiger partial charge is 0.394 e. The van der Waals surface area contributed by atoms with E-state index in [0.717, 1.165) is 9.35 Å². The van der Waals surface area contributed by atoms with Crippen LogP contribution in [0.2, 0.25) is 0 Å². The van der Waals surface area contributed by atoms with E-state index in [4.69, 9.17) is 5.11 Å². The molecule has 0 aliphatic heterocycles. The molecule has 0 bridgehead atoms. The SMILES string of the molecule is Cc1cc(S(=O)(=O)NC2(CO)CC2)sc1Br. The Bertz CT molecular complexity index is 485. The summed E-state index contributed by atoms with van der Waals surface area (Å²) in [7, 11) is -3.49. The van der Waals surface area contributed by atoms with Gasteiger partial charge in [-0.1, -0.05) is 0 Å². The molecular weight excluding hydrogens is 314 g/mol. The number of hydrogen-bond donors (Lipinski definition) is 2. The average molecular weight is 326 g/mol. The minimum atomic E-state index is -3.49. The standard InChI is InChI=1S/C9H12BrNO3S2/c1-6-4-7(15-8(6)10)16(13,14)11-9(5-12)2-3-9/h4,11-12H,2-3,5H2,1H3. The van der Waals surface area contributed by atoms with Crippen molar-refractivity contribution in [3.63, 3.8) is 0 Å². The van der Waals surface area contributed by atoms with Gasteiger partial charge >= 0.3 is 0 Å². The second-order valence-corrected chi connectivity index (χ2v) is 8.35. The fraction of sp³-hybridized carbons (Fsp3) is 0.556. The molecule has 1 saturated carbocycles. The molecule has 0 spiro atoms. The summed E-state index contributed by atoms with van der Waals surface area (Å²) in [6.45, 7) is 1.70. The number of aliphatic hydroxyl groups excluding tert-OH is 1. The molecule has 1 aliphatic carbocycles. The second-order valence-electron chi connectivity index (χ2n) is 4.07. The fourth-order valence-corrected chi connectivity index (χ4v) is 5.02. The summed E-state index contributed by atoms with van der Waals surface area (Å²) in [5.74, 6) is 0. The highest BCUT2D eigenvalue weighted by molar-refractivity contribution is 9.11. The molecule has 0 saturated heterocycles. The van der Waals surface area contributed by atoms with Crippen molar-refractivity contribution in [1.82, 2.24) is 4.72 Å². The lowest BCUT2D eigenvalue weighted by Gasteiger charge is -2.13. The number of aliphatic hydroxyl groups is 1. The minimum absolute atomic E-state index is 0.141. The van der Waals surface area contributed by atoms with Crippen molar-refractivity contribution in [3.8, 4) is 0 Å². The van der Waals surface area contributed by atoms with Gasteiger partial charge in [-0.15, -0.1) is 11.3 Å². The maximum absolute atomic E-state index is 12.0. The summed E-state index contributed by atoms with van der Waals surface area (Å²) in [5, 5.41) is 9.09. The lowest BCUT2D eigenvalue weighted by atomic mass is 10.3. The molecule has 0 radical (unpaired) electrons. The number of rotatable bonds is 4. The zero-order valence-electron chi connectivity index (χ0n) is 8.66. The zero-order valence-corrected chi connectivity index (χ0v) is 11.9. The van der Waals surface area contributed by atoms with Crippen LogP contribution in [0.15, 0.2) is 14.1 Å². The molecule has 0 amide bonds. The van der Waals surface area contributed by atoms with Crippen LogP contribution in [0, 0.1) is 6.92 Å². The Morgan fingerprint density at radius 2 is 2.25 bits per heavy atom. The van der Waals surface area contributed by atoms with Crippen LogP contribution in [-0.2, 0) is 10.0 Å². The van der Waals surface area contributed by atoms with E-state index in [1.165, 1.54) is 11.3 Å². The third-order valence-corrected chi connectivity index (χ3v) is 6.80. The van der Waals surface area contributed by atoms with Crippen LogP contribution >= 0.6 is 27.3 Å². The van der Waals surface area contributed by atoms with Crippen LogP contribution in [0.3, 0.4) is 0 Å². The summed E-state index contributed by atoms with van der Waals surface area (Å²) in [4.78, 5) is 0. The first kappa shape index (κ1) is 12.5. The van der Waals surface area contributed by atoms with Gasteiger partial charge in [-0.2, -0.15) is 0 Å². The van der Waals surface area contributed by atoms with Crippen molar-refractivity contribution in [1.29, 1.82) is 0 Å². The highest BCUT2D eigenvalue weighted by atomic mass is 79.9. The molecule has 0 aromatic carbocycles. The number of hydrogen-bond acceptors (Lipinski definition) is 4. The van der Waals surface area contributed by atoms with Crippen LogP contribution in [0.25, 0.3) is 0 Å². The third kappa shape index (κ3) is 2.33. The molecular formula is C9H12BrNO3S2. The number of halogens is 1. The molecule has 2 rings (SSSR count). The van der Waals surface area contributed by atoms with Gasteiger partial charge in [-0.3, -0.25) is 0 Å². The molecule has 1 aromatic rings. The molecule has 16 heavy (non-hydrogen) atoms. The maximum atomic E-state index is 12.0. The molecule has 4 nitrogen and oxygen atoms in total. The van der Waals surface area contributed by atoms with Crippen molar-refractivity contribution in [2.75, 3.05) is 6.61 Å². The lowest BCUT2D eigenvalue weighted by molar-refractivity contribution is 0.246. The van der Waals surface area contributed by atoms with E-state index in [1.807, 2.05) is 6.92 Å². The van der Waals surface area contributed by atoms with E-state index in [9.17, 15) is 8.42 Å². The predicted octanol–water partition coefficient (Wildman–Crippen LogP) is 1.62. The highest BCUT2D eigenvalue weighted by Gasteiger charge is 2.45. The van der Waals surface area contributed by atoms with Gasteiger partial charge in [-0.25, -0.2) is 13.1 Å². The van der Waals surface area contributed by atoms with Gasteiger partial charge in [0, 0.05) is 0 Å². The molecule has 1 aliphatic rings. The van der Waals surface area contributed by atoms with E-state index >= 15 is 0 Å². The third-order valence-electron chi connectivity index (χ3n) is 2.61. The topological polar surface area (TPSA) is 66.4 Å².